The SMILES string of the molecule is CNC(c1ccc(F)c(C(F)(F)F)c1)C1(C)CCCCO1. The molecule has 0 amide bonds. The summed E-state index contributed by atoms with van der Waals surface area (Å²) in [5.74, 6) is -1.25. The van der Waals surface area contributed by atoms with Crippen LogP contribution in [0.2, 0.25) is 0 Å². The standard InChI is InChI=1S/C15H19F4NO/c1-14(7-3-4-8-21-14)13(20-2)10-5-6-12(16)11(9-10)15(17,18)19/h5-6,9,13,20H,3-4,7-8H2,1-2H3. The Kier molecular flexibility index (Phi) is 4.58. The predicted molar refractivity (Wildman–Crippen MR) is 71.4 cm³/mol. The van der Waals surface area contributed by atoms with Gasteiger partial charge in [-0.15, -0.1) is 0 Å². The number of hydrogen-bond donors (Lipinski definition) is 1. The second-order valence-electron chi connectivity index (χ2n) is 5.58. The molecule has 1 N–H and O–H groups in total. The molecule has 1 saturated heterocycles. The molecule has 118 valence electrons. The van der Waals surface area contributed by atoms with Crippen molar-refractivity contribution in [2.45, 2.75) is 44.0 Å². The average Bonchev–Trinajstić information content (AvgIpc) is 2.40. The molecule has 0 aliphatic carbocycles. The second-order valence-corrected chi connectivity index (χ2v) is 5.58. The lowest BCUT2D eigenvalue weighted by Crippen LogP contribution is -2.44. The molecule has 2 atom stereocenters. The Hall–Kier alpha value is -1.14. The molecule has 1 aromatic rings. The third-order valence-corrected chi connectivity index (χ3v) is 4.03. The number of rotatable bonds is 3. The van der Waals surface area contributed by atoms with E-state index < -0.39 is 29.2 Å². The largest absolute Gasteiger partial charge is 0.419 e. The van der Waals surface area contributed by atoms with Crippen molar-refractivity contribution in [3.8, 4) is 0 Å². The molecule has 0 bridgehead atoms. The summed E-state index contributed by atoms with van der Waals surface area (Å²) in [6.07, 6.45) is -2.05. The highest BCUT2D eigenvalue weighted by molar-refractivity contribution is 5.31. The van der Waals surface area contributed by atoms with Crippen molar-refractivity contribution >= 4 is 0 Å². The van der Waals surface area contributed by atoms with Crippen LogP contribution in [0.15, 0.2) is 18.2 Å². The summed E-state index contributed by atoms with van der Waals surface area (Å²) in [5, 5.41) is 3.01. The van der Waals surface area contributed by atoms with Crippen LogP contribution >= 0.6 is 0 Å². The summed E-state index contributed by atoms with van der Waals surface area (Å²) in [6.45, 7) is 2.46. The Bertz CT molecular complexity index is 495. The number of hydrogen-bond acceptors (Lipinski definition) is 2. The van der Waals surface area contributed by atoms with E-state index in [9.17, 15) is 17.6 Å². The average molecular weight is 305 g/mol. The molecular formula is C15H19F4NO. The van der Waals surface area contributed by atoms with Crippen LogP contribution < -0.4 is 5.32 Å². The van der Waals surface area contributed by atoms with Gasteiger partial charge in [-0.1, -0.05) is 6.07 Å². The minimum Gasteiger partial charge on any atom is -0.373 e. The van der Waals surface area contributed by atoms with Crippen LogP contribution in [0.25, 0.3) is 0 Å². The lowest BCUT2D eigenvalue weighted by molar-refractivity contribution is -0.140. The van der Waals surface area contributed by atoms with Crippen molar-refractivity contribution in [2.24, 2.45) is 0 Å². The van der Waals surface area contributed by atoms with E-state index in [0.29, 0.717) is 12.2 Å². The molecule has 6 heteroatoms. The van der Waals surface area contributed by atoms with Gasteiger partial charge in [0, 0.05) is 6.61 Å². The Balaban J connectivity index is 2.39. The highest BCUT2D eigenvalue weighted by atomic mass is 19.4. The fourth-order valence-corrected chi connectivity index (χ4v) is 2.95. The number of benzene rings is 1. The molecule has 2 rings (SSSR count). The third kappa shape index (κ3) is 3.37. The van der Waals surface area contributed by atoms with Gasteiger partial charge in [-0.05, 0) is 50.9 Å². The first kappa shape index (κ1) is 16.2. The van der Waals surface area contributed by atoms with Crippen molar-refractivity contribution in [1.82, 2.24) is 5.32 Å². The van der Waals surface area contributed by atoms with Crippen LogP contribution in [-0.2, 0) is 10.9 Å². The van der Waals surface area contributed by atoms with Gasteiger partial charge in [0.1, 0.15) is 5.82 Å². The van der Waals surface area contributed by atoms with Gasteiger partial charge in [0.2, 0.25) is 0 Å². The Labute approximate surface area is 121 Å². The first-order valence-corrected chi connectivity index (χ1v) is 6.96. The Morgan fingerprint density at radius 1 is 1.29 bits per heavy atom. The predicted octanol–water partition coefficient (Wildman–Crippen LogP) is 4.06. The van der Waals surface area contributed by atoms with Crippen molar-refractivity contribution in [1.29, 1.82) is 0 Å². The summed E-state index contributed by atoms with van der Waals surface area (Å²) in [7, 11) is 1.67. The number of likely N-dealkylation sites (N-methyl/N-ethyl adjacent to an activating group) is 1. The maximum absolute atomic E-state index is 13.4. The monoisotopic (exact) mass is 305 g/mol. The van der Waals surface area contributed by atoms with Crippen LogP contribution in [0.3, 0.4) is 0 Å². The lowest BCUT2D eigenvalue weighted by atomic mass is 9.83. The zero-order chi connectivity index (χ0) is 15.7. The molecule has 0 saturated carbocycles. The zero-order valence-electron chi connectivity index (χ0n) is 12.1. The molecule has 0 radical (unpaired) electrons. The number of halogens is 4. The summed E-state index contributed by atoms with van der Waals surface area (Å²) < 4.78 is 57.7. The van der Waals surface area contributed by atoms with Gasteiger partial charge in [0.05, 0.1) is 17.2 Å². The highest BCUT2D eigenvalue weighted by Gasteiger charge is 2.39. The second kappa shape index (κ2) is 5.93. The zero-order valence-corrected chi connectivity index (χ0v) is 12.1. The van der Waals surface area contributed by atoms with E-state index in [1.165, 1.54) is 6.07 Å². The molecule has 1 fully saturated rings. The minimum atomic E-state index is -4.70. The van der Waals surface area contributed by atoms with Gasteiger partial charge >= 0.3 is 6.18 Å². The fraction of sp³-hybridized carbons (Fsp3) is 0.600. The van der Waals surface area contributed by atoms with Gasteiger partial charge in [-0.2, -0.15) is 13.2 Å². The number of ether oxygens (including phenoxy) is 1. The molecule has 1 heterocycles. The van der Waals surface area contributed by atoms with Gasteiger partial charge in [-0.25, -0.2) is 4.39 Å². The van der Waals surface area contributed by atoms with E-state index in [2.05, 4.69) is 5.32 Å². The van der Waals surface area contributed by atoms with Gasteiger partial charge < -0.3 is 10.1 Å². The van der Waals surface area contributed by atoms with Crippen LogP contribution in [0, 0.1) is 5.82 Å². The summed E-state index contributed by atoms with van der Waals surface area (Å²) in [5.41, 5.74) is -1.44. The van der Waals surface area contributed by atoms with Crippen molar-refractivity contribution in [2.75, 3.05) is 13.7 Å². The quantitative estimate of drug-likeness (QED) is 0.850. The normalized spacial score (nSPS) is 24.9. The van der Waals surface area contributed by atoms with E-state index >= 15 is 0 Å². The minimum absolute atomic E-state index is 0.385. The highest BCUT2D eigenvalue weighted by Crippen LogP contribution is 2.39. The van der Waals surface area contributed by atoms with Crippen molar-refractivity contribution in [3.63, 3.8) is 0 Å². The topological polar surface area (TPSA) is 21.3 Å². The van der Waals surface area contributed by atoms with Gasteiger partial charge in [0.15, 0.2) is 0 Å². The maximum atomic E-state index is 13.4. The molecule has 21 heavy (non-hydrogen) atoms. The molecule has 2 nitrogen and oxygen atoms in total. The van der Waals surface area contributed by atoms with E-state index in [1.807, 2.05) is 6.92 Å². The molecule has 2 unspecified atom stereocenters. The van der Waals surface area contributed by atoms with E-state index in [0.717, 1.165) is 31.4 Å². The van der Waals surface area contributed by atoms with Crippen molar-refractivity contribution < 1.29 is 22.3 Å². The molecule has 1 aromatic carbocycles. The third-order valence-electron chi connectivity index (χ3n) is 4.03. The van der Waals surface area contributed by atoms with Crippen LogP contribution in [0.1, 0.15) is 43.4 Å². The maximum Gasteiger partial charge on any atom is 0.419 e. The summed E-state index contributed by atoms with van der Waals surface area (Å²) >= 11 is 0. The smallest absolute Gasteiger partial charge is 0.373 e. The van der Waals surface area contributed by atoms with Crippen LogP contribution in [-0.4, -0.2) is 19.3 Å². The fourth-order valence-electron chi connectivity index (χ4n) is 2.95. The Morgan fingerprint density at radius 2 is 2.00 bits per heavy atom. The van der Waals surface area contributed by atoms with Crippen LogP contribution in [0.4, 0.5) is 17.6 Å². The Morgan fingerprint density at radius 3 is 2.52 bits per heavy atom. The van der Waals surface area contributed by atoms with Crippen LogP contribution in [0.5, 0.6) is 0 Å². The van der Waals surface area contributed by atoms with E-state index in [1.54, 1.807) is 7.05 Å². The molecular weight excluding hydrogens is 286 g/mol. The first-order valence-electron chi connectivity index (χ1n) is 6.96. The number of alkyl halides is 3. The molecule has 1 aliphatic rings. The molecule has 1 aliphatic heterocycles. The van der Waals surface area contributed by atoms with Gasteiger partial charge in [-0.3, -0.25) is 0 Å². The molecule has 0 spiro atoms. The molecule has 0 aromatic heterocycles. The summed E-state index contributed by atoms with van der Waals surface area (Å²) in [4.78, 5) is 0. The van der Waals surface area contributed by atoms with E-state index in [4.69, 9.17) is 4.74 Å². The number of nitrogens with one attached hydrogen (secondary N) is 1. The lowest BCUT2D eigenvalue weighted by Gasteiger charge is -2.41. The van der Waals surface area contributed by atoms with E-state index in [-0.39, 0.29) is 0 Å². The van der Waals surface area contributed by atoms with Crippen molar-refractivity contribution in [3.05, 3.63) is 35.1 Å². The summed E-state index contributed by atoms with van der Waals surface area (Å²) in [6, 6.07) is 2.71. The van der Waals surface area contributed by atoms with Gasteiger partial charge in [0.25, 0.3) is 0 Å². The first-order chi connectivity index (χ1) is 9.78.